The van der Waals surface area contributed by atoms with Gasteiger partial charge in [-0.15, -0.1) is 0 Å². The van der Waals surface area contributed by atoms with E-state index < -0.39 is 0 Å². The van der Waals surface area contributed by atoms with Crippen LogP contribution in [0.3, 0.4) is 0 Å². The maximum absolute atomic E-state index is 12.2. The molecule has 0 saturated heterocycles. The highest BCUT2D eigenvalue weighted by molar-refractivity contribution is 9.10. The molecule has 16 heavy (non-hydrogen) atoms. The van der Waals surface area contributed by atoms with Gasteiger partial charge < -0.3 is 0 Å². The largest absolute Gasteiger partial charge is 0.289 e. The fourth-order valence-corrected chi connectivity index (χ4v) is 3.00. The first-order chi connectivity index (χ1) is 7.68. The molecule has 0 radical (unpaired) electrons. The minimum absolute atomic E-state index is 0.104. The first kappa shape index (κ1) is 10.2. The fraction of sp³-hybridized carbons (Fsp3) is 0. The standard InChI is InChI=1S/C13H6Br2O/c14-7-4-5-8-10(6-7)13(16)9-2-1-3-11(15)12(8)9/h1-6H. The molecule has 0 bridgehead atoms. The second-order valence-corrected chi connectivity index (χ2v) is 5.45. The highest BCUT2D eigenvalue weighted by Crippen LogP contribution is 2.41. The predicted molar refractivity (Wildman–Crippen MR) is 70.7 cm³/mol. The Morgan fingerprint density at radius 1 is 0.875 bits per heavy atom. The zero-order valence-electron chi connectivity index (χ0n) is 8.13. The van der Waals surface area contributed by atoms with Gasteiger partial charge in [-0.2, -0.15) is 0 Å². The summed E-state index contributed by atoms with van der Waals surface area (Å²) in [6.07, 6.45) is 0. The SMILES string of the molecule is O=C1c2cc(Br)ccc2-c2c(Br)cccc21. The molecule has 0 aromatic heterocycles. The van der Waals surface area contributed by atoms with Crippen molar-refractivity contribution in [2.75, 3.05) is 0 Å². The summed E-state index contributed by atoms with van der Waals surface area (Å²) >= 11 is 6.89. The predicted octanol–water partition coefficient (Wildman–Crippen LogP) is 4.42. The van der Waals surface area contributed by atoms with Gasteiger partial charge in [0.15, 0.2) is 5.78 Å². The Hall–Kier alpha value is -0.930. The number of benzene rings is 2. The van der Waals surface area contributed by atoms with Gasteiger partial charge >= 0.3 is 0 Å². The third kappa shape index (κ3) is 1.31. The Balaban J connectivity index is 2.41. The second kappa shape index (κ2) is 3.54. The van der Waals surface area contributed by atoms with E-state index in [9.17, 15) is 4.79 Å². The number of hydrogen-bond acceptors (Lipinski definition) is 1. The van der Waals surface area contributed by atoms with Gasteiger partial charge in [0.05, 0.1) is 0 Å². The van der Waals surface area contributed by atoms with Crippen LogP contribution in [0.1, 0.15) is 15.9 Å². The third-order valence-electron chi connectivity index (χ3n) is 2.75. The molecule has 3 rings (SSSR count). The van der Waals surface area contributed by atoms with Crippen molar-refractivity contribution in [3.8, 4) is 11.1 Å². The van der Waals surface area contributed by atoms with E-state index in [0.29, 0.717) is 0 Å². The van der Waals surface area contributed by atoms with Gasteiger partial charge in [0.25, 0.3) is 0 Å². The van der Waals surface area contributed by atoms with Gasteiger partial charge in [-0.05, 0) is 23.8 Å². The summed E-state index contributed by atoms with van der Waals surface area (Å²) in [5, 5.41) is 0. The van der Waals surface area contributed by atoms with Gasteiger partial charge in [0, 0.05) is 25.6 Å². The molecule has 0 unspecified atom stereocenters. The molecule has 0 aliphatic heterocycles. The zero-order valence-corrected chi connectivity index (χ0v) is 11.3. The average molecular weight is 338 g/mol. The van der Waals surface area contributed by atoms with Crippen LogP contribution in [0.2, 0.25) is 0 Å². The number of carbonyl (C=O) groups excluding carboxylic acids is 1. The Labute approximate surface area is 110 Å². The summed E-state index contributed by atoms with van der Waals surface area (Å²) in [6.45, 7) is 0. The van der Waals surface area contributed by atoms with Crippen LogP contribution in [0, 0.1) is 0 Å². The van der Waals surface area contributed by atoms with Crippen molar-refractivity contribution in [1.82, 2.24) is 0 Å². The van der Waals surface area contributed by atoms with Gasteiger partial charge in [-0.3, -0.25) is 4.79 Å². The molecule has 2 aromatic carbocycles. The van der Waals surface area contributed by atoms with Crippen molar-refractivity contribution < 1.29 is 4.79 Å². The van der Waals surface area contributed by atoms with Gasteiger partial charge in [-0.1, -0.05) is 50.1 Å². The summed E-state index contributed by atoms with van der Waals surface area (Å²) in [5.41, 5.74) is 3.57. The minimum Gasteiger partial charge on any atom is -0.289 e. The van der Waals surface area contributed by atoms with Crippen LogP contribution in [0.25, 0.3) is 11.1 Å². The minimum atomic E-state index is 0.104. The lowest BCUT2D eigenvalue weighted by Crippen LogP contribution is -1.94. The van der Waals surface area contributed by atoms with E-state index in [4.69, 9.17) is 0 Å². The topological polar surface area (TPSA) is 17.1 Å². The number of halogens is 2. The van der Waals surface area contributed by atoms with Crippen LogP contribution in [-0.2, 0) is 0 Å². The van der Waals surface area contributed by atoms with E-state index in [2.05, 4.69) is 31.9 Å². The van der Waals surface area contributed by atoms with E-state index in [1.54, 1.807) is 0 Å². The van der Waals surface area contributed by atoms with Crippen LogP contribution in [0.4, 0.5) is 0 Å². The Morgan fingerprint density at radius 3 is 2.50 bits per heavy atom. The first-order valence-electron chi connectivity index (χ1n) is 4.81. The Morgan fingerprint density at radius 2 is 1.69 bits per heavy atom. The molecule has 0 atom stereocenters. The second-order valence-electron chi connectivity index (χ2n) is 3.68. The molecular weight excluding hydrogens is 332 g/mol. The molecule has 3 heteroatoms. The third-order valence-corrected chi connectivity index (χ3v) is 3.91. The van der Waals surface area contributed by atoms with Crippen LogP contribution in [0.15, 0.2) is 45.3 Å². The fourth-order valence-electron chi connectivity index (χ4n) is 2.05. The van der Waals surface area contributed by atoms with Crippen molar-refractivity contribution in [3.63, 3.8) is 0 Å². The van der Waals surface area contributed by atoms with E-state index in [-0.39, 0.29) is 5.78 Å². The molecular formula is C13H6Br2O. The van der Waals surface area contributed by atoms with E-state index in [1.807, 2.05) is 36.4 Å². The lowest BCUT2D eigenvalue weighted by molar-refractivity contribution is 0.104. The van der Waals surface area contributed by atoms with E-state index in [0.717, 1.165) is 31.2 Å². The Bertz CT molecular complexity index is 617. The van der Waals surface area contributed by atoms with Crippen molar-refractivity contribution in [2.24, 2.45) is 0 Å². The molecule has 0 saturated carbocycles. The van der Waals surface area contributed by atoms with E-state index >= 15 is 0 Å². The quantitative estimate of drug-likeness (QED) is 0.593. The van der Waals surface area contributed by atoms with Crippen molar-refractivity contribution >= 4 is 37.6 Å². The van der Waals surface area contributed by atoms with Crippen molar-refractivity contribution in [1.29, 1.82) is 0 Å². The molecule has 0 heterocycles. The molecule has 1 nitrogen and oxygen atoms in total. The molecule has 1 aliphatic carbocycles. The van der Waals surface area contributed by atoms with Crippen molar-refractivity contribution in [2.45, 2.75) is 0 Å². The summed E-state index contributed by atoms with van der Waals surface area (Å²) in [6, 6.07) is 11.5. The normalized spacial score (nSPS) is 12.5. The maximum atomic E-state index is 12.2. The number of fused-ring (bicyclic) bond motifs is 3. The molecule has 0 N–H and O–H groups in total. The van der Waals surface area contributed by atoms with Crippen LogP contribution in [0.5, 0.6) is 0 Å². The smallest absolute Gasteiger partial charge is 0.194 e. The number of rotatable bonds is 0. The Kier molecular flexibility index (Phi) is 2.26. The monoisotopic (exact) mass is 336 g/mol. The lowest BCUT2D eigenvalue weighted by atomic mass is 10.1. The molecule has 0 spiro atoms. The average Bonchev–Trinajstić information content (AvgIpc) is 2.55. The highest BCUT2D eigenvalue weighted by Gasteiger charge is 2.27. The molecule has 2 aromatic rings. The van der Waals surface area contributed by atoms with Crippen LogP contribution < -0.4 is 0 Å². The van der Waals surface area contributed by atoms with Crippen LogP contribution >= 0.6 is 31.9 Å². The molecule has 78 valence electrons. The molecule has 0 fully saturated rings. The lowest BCUT2D eigenvalue weighted by Gasteiger charge is -2.02. The molecule has 1 aliphatic rings. The number of ketones is 1. The summed E-state index contributed by atoms with van der Waals surface area (Å²) in [5.74, 6) is 0.104. The summed E-state index contributed by atoms with van der Waals surface area (Å²) < 4.78 is 1.91. The highest BCUT2D eigenvalue weighted by atomic mass is 79.9. The zero-order chi connectivity index (χ0) is 11.3. The summed E-state index contributed by atoms with van der Waals surface area (Å²) in [7, 11) is 0. The summed E-state index contributed by atoms with van der Waals surface area (Å²) in [4.78, 5) is 12.2. The van der Waals surface area contributed by atoms with Crippen molar-refractivity contribution in [3.05, 3.63) is 56.5 Å². The van der Waals surface area contributed by atoms with Crippen LogP contribution in [-0.4, -0.2) is 5.78 Å². The maximum Gasteiger partial charge on any atom is 0.194 e. The number of hydrogen-bond donors (Lipinski definition) is 0. The first-order valence-corrected chi connectivity index (χ1v) is 6.40. The van der Waals surface area contributed by atoms with Gasteiger partial charge in [0.2, 0.25) is 0 Å². The van der Waals surface area contributed by atoms with E-state index in [1.165, 1.54) is 0 Å². The molecule has 0 amide bonds. The van der Waals surface area contributed by atoms with Gasteiger partial charge in [0.1, 0.15) is 0 Å². The van der Waals surface area contributed by atoms with Gasteiger partial charge in [-0.25, -0.2) is 0 Å². The number of carbonyl (C=O) groups is 1.